The number of aryl methyl sites for hydroxylation is 1. The van der Waals surface area contributed by atoms with Gasteiger partial charge in [-0.05, 0) is 37.6 Å². The third kappa shape index (κ3) is 3.89. The molecule has 0 aromatic heterocycles. The van der Waals surface area contributed by atoms with Crippen LogP contribution in [0.15, 0.2) is 18.2 Å². The molecule has 0 spiro atoms. The van der Waals surface area contributed by atoms with Crippen LogP contribution < -0.4 is 5.32 Å². The normalized spacial score (nSPS) is 14.2. The average molecular weight is 260 g/mol. The predicted octanol–water partition coefficient (Wildman–Crippen LogP) is 1.98. The lowest BCUT2D eigenvalue weighted by atomic mass is 10.0. The Morgan fingerprint density at radius 1 is 1.37 bits per heavy atom. The number of carbonyl (C=O) groups excluding carboxylic acids is 2. The van der Waals surface area contributed by atoms with Gasteiger partial charge in [0.2, 0.25) is 5.91 Å². The third-order valence-corrected chi connectivity index (χ3v) is 3.36. The summed E-state index contributed by atoms with van der Waals surface area (Å²) in [6.07, 6.45) is 1.97. The van der Waals surface area contributed by atoms with Gasteiger partial charge in [-0.2, -0.15) is 0 Å². The van der Waals surface area contributed by atoms with Gasteiger partial charge in [0.15, 0.2) is 0 Å². The molecule has 1 aromatic rings. The first-order valence-corrected chi connectivity index (χ1v) is 6.64. The molecule has 0 unspecified atom stereocenters. The second-order valence-electron chi connectivity index (χ2n) is 5.23. The zero-order valence-electron chi connectivity index (χ0n) is 11.5. The summed E-state index contributed by atoms with van der Waals surface area (Å²) in [7, 11) is 2.02. The van der Waals surface area contributed by atoms with E-state index >= 15 is 0 Å². The number of rotatable bonds is 5. The van der Waals surface area contributed by atoms with Gasteiger partial charge in [-0.1, -0.05) is 12.1 Å². The lowest BCUT2D eigenvalue weighted by Gasteiger charge is -2.20. The first-order valence-electron chi connectivity index (χ1n) is 6.64. The van der Waals surface area contributed by atoms with E-state index in [9.17, 15) is 9.59 Å². The van der Waals surface area contributed by atoms with Crippen molar-refractivity contribution in [2.75, 3.05) is 18.9 Å². The highest BCUT2D eigenvalue weighted by atomic mass is 16.1. The van der Waals surface area contributed by atoms with E-state index in [0.29, 0.717) is 12.8 Å². The van der Waals surface area contributed by atoms with Gasteiger partial charge >= 0.3 is 0 Å². The van der Waals surface area contributed by atoms with Gasteiger partial charge in [-0.15, -0.1) is 0 Å². The number of amides is 1. The molecule has 0 aliphatic carbocycles. The molecule has 0 bridgehead atoms. The third-order valence-electron chi connectivity index (χ3n) is 3.36. The van der Waals surface area contributed by atoms with E-state index in [1.54, 1.807) is 6.92 Å². The predicted molar refractivity (Wildman–Crippen MR) is 75.0 cm³/mol. The van der Waals surface area contributed by atoms with Crippen molar-refractivity contribution < 1.29 is 9.59 Å². The maximum Gasteiger partial charge on any atom is 0.224 e. The summed E-state index contributed by atoms with van der Waals surface area (Å²) in [5.74, 6) is 0.318. The minimum absolute atomic E-state index is 0.0961. The number of nitrogens with one attached hydrogen (secondary N) is 1. The largest absolute Gasteiger partial charge is 0.326 e. The molecule has 0 saturated heterocycles. The smallest absolute Gasteiger partial charge is 0.224 e. The van der Waals surface area contributed by atoms with Gasteiger partial charge in [0.05, 0.1) is 0 Å². The molecule has 0 atom stereocenters. The van der Waals surface area contributed by atoms with Crippen LogP contribution in [0.4, 0.5) is 5.69 Å². The SMILES string of the molecule is CC(=O)CCN(C)Cc1ccc2c(c1)CCC(=O)N2. The molecule has 0 fully saturated rings. The van der Waals surface area contributed by atoms with E-state index in [-0.39, 0.29) is 11.7 Å². The van der Waals surface area contributed by atoms with Crippen molar-refractivity contribution in [3.05, 3.63) is 29.3 Å². The summed E-state index contributed by atoms with van der Waals surface area (Å²) in [6.45, 7) is 3.23. The van der Waals surface area contributed by atoms with Crippen LogP contribution in [0.5, 0.6) is 0 Å². The minimum atomic E-state index is 0.0961. The summed E-state index contributed by atoms with van der Waals surface area (Å²) in [4.78, 5) is 24.4. The van der Waals surface area contributed by atoms with Crippen LogP contribution in [-0.2, 0) is 22.6 Å². The number of benzene rings is 1. The monoisotopic (exact) mass is 260 g/mol. The molecule has 4 heteroatoms. The number of ketones is 1. The Bertz CT molecular complexity index is 497. The molecule has 1 N–H and O–H groups in total. The molecule has 2 rings (SSSR count). The highest BCUT2D eigenvalue weighted by molar-refractivity contribution is 5.93. The topological polar surface area (TPSA) is 49.4 Å². The first-order chi connectivity index (χ1) is 9.04. The van der Waals surface area contributed by atoms with Crippen LogP contribution in [0.25, 0.3) is 0 Å². The maximum atomic E-state index is 11.3. The highest BCUT2D eigenvalue weighted by Crippen LogP contribution is 2.23. The zero-order valence-corrected chi connectivity index (χ0v) is 11.5. The quantitative estimate of drug-likeness (QED) is 0.880. The van der Waals surface area contributed by atoms with Crippen molar-refractivity contribution in [2.45, 2.75) is 32.7 Å². The highest BCUT2D eigenvalue weighted by Gasteiger charge is 2.14. The lowest BCUT2D eigenvalue weighted by Crippen LogP contribution is -2.22. The molecule has 0 saturated carbocycles. The molecule has 0 radical (unpaired) electrons. The fourth-order valence-corrected chi connectivity index (χ4v) is 2.27. The van der Waals surface area contributed by atoms with Crippen molar-refractivity contribution in [3.63, 3.8) is 0 Å². The van der Waals surface area contributed by atoms with Gasteiger partial charge in [-0.25, -0.2) is 0 Å². The Kier molecular flexibility index (Phi) is 4.32. The average Bonchev–Trinajstić information content (AvgIpc) is 2.36. The second kappa shape index (κ2) is 5.97. The molecule has 1 heterocycles. The molecular formula is C15H20N2O2. The van der Waals surface area contributed by atoms with Gasteiger partial charge in [0, 0.05) is 31.6 Å². The fourth-order valence-electron chi connectivity index (χ4n) is 2.27. The first kappa shape index (κ1) is 13.7. The summed E-state index contributed by atoms with van der Waals surface area (Å²) in [5, 5.41) is 2.88. The van der Waals surface area contributed by atoms with E-state index < -0.39 is 0 Å². The van der Waals surface area contributed by atoms with Crippen LogP contribution in [0.2, 0.25) is 0 Å². The zero-order chi connectivity index (χ0) is 13.8. The summed E-state index contributed by atoms with van der Waals surface area (Å²) in [6, 6.07) is 6.16. The Hall–Kier alpha value is -1.68. The molecule has 1 aromatic carbocycles. The van der Waals surface area contributed by atoms with E-state index in [1.807, 2.05) is 19.2 Å². The number of nitrogens with zero attached hydrogens (tertiary/aromatic N) is 1. The number of anilines is 1. The van der Waals surface area contributed by atoms with E-state index in [0.717, 1.165) is 25.2 Å². The molecule has 4 nitrogen and oxygen atoms in total. The Labute approximate surface area is 113 Å². The second-order valence-corrected chi connectivity index (χ2v) is 5.23. The number of fused-ring (bicyclic) bond motifs is 1. The fraction of sp³-hybridized carbons (Fsp3) is 0.467. The molecule has 19 heavy (non-hydrogen) atoms. The van der Waals surface area contributed by atoms with Gasteiger partial charge in [0.25, 0.3) is 0 Å². The van der Waals surface area contributed by atoms with Crippen LogP contribution in [0, 0.1) is 0 Å². The van der Waals surface area contributed by atoms with Gasteiger partial charge in [0.1, 0.15) is 5.78 Å². The van der Waals surface area contributed by atoms with E-state index in [2.05, 4.69) is 16.3 Å². The van der Waals surface area contributed by atoms with E-state index in [4.69, 9.17) is 0 Å². The minimum Gasteiger partial charge on any atom is -0.326 e. The van der Waals surface area contributed by atoms with Crippen LogP contribution >= 0.6 is 0 Å². The molecular weight excluding hydrogens is 240 g/mol. The number of hydrogen-bond acceptors (Lipinski definition) is 3. The van der Waals surface area contributed by atoms with Crippen LogP contribution in [0.1, 0.15) is 30.9 Å². The standard InChI is InChI=1S/C15H20N2O2/c1-11(18)7-8-17(2)10-12-3-5-14-13(9-12)4-6-15(19)16-14/h3,5,9H,4,6-8,10H2,1-2H3,(H,16,19). The summed E-state index contributed by atoms with van der Waals surface area (Å²) in [5.41, 5.74) is 3.37. The number of carbonyl (C=O) groups is 2. The van der Waals surface area contributed by atoms with Crippen molar-refractivity contribution in [2.24, 2.45) is 0 Å². The van der Waals surface area contributed by atoms with Gasteiger partial charge < -0.3 is 10.2 Å². The lowest BCUT2D eigenvalue weighted by molar-refractivity contribution is -0.117. The Balaban J connectivity index is 1.98. The summed E-state index contributed by atoms with van der Waals surface area (Å²) < 4.78 is 0. The van der Waals surface area contributed by atoms with Crippen molar-refractivity contribution in [1.29, 1.82) is 0 Å². The van der Waals surface area contributed by atoms with Crippen molar-refractivity contribution in [3.8, 4) is 0 Å². The Morgan fingerprint density at radius 3 is 2.89 bits per heavy atom. The van der Waals surface area contributed by atoms with E-state index in [1.165, 1.54) is 11.1 Å². The maximum absolute atomic E-state index is 11.3. The Morgan fingerprint density at radius 2 is 2.16 bits per heavy atom. The molecule has 1 aliphatic rings. The molecule has 1 aliphatic heterocycles. The molecule has 102 valence electrons. The van der Waals surface area contributed by atoms with Crippen LogP contribution in [0.3, 0.4) is 0 Å². The van der Waals surface area contributed by atoms with Crippen molar-refractivity contribution in [1.82, 2.24) is 4.90 Å². The number of hydrogen-bond donors (Lipinski definition) is 1. The van der Waals surface area contributed by atoms with Gasteiger partial charge in [-0.3, -0.25) is 9.59 Å². The summed E-state index contributed by atoms with van der Waals surface area (Å²) >= 11 is 0. The van der Waals surface area contributed by atoms with Crippen LogP contribution in [-0.4, -0.2) is 30.2 Å². The molecule has 1 amide bonds. The number of Topliss-reactive ketones (excluding diaryl/α,β-unsaturated/α-hetero) is 1. The van der Waals surface area contributed by atoms with Crippen molar-refractivity contribution >= 4 is 17.4 Å².